The molecule has 0 atom stereocenters. The van der Waals surface area contributed by atoms with Gasteiger partial charge >= 0.3 is 0 Å². The number of hydrogen-bond donors (Lipinski definition) is 3. The molecule has 2 rings (SSSR count). The summed E-state index contributed by atoms with van der Waals surface area (Å²) in [7, 11) is 0. The Bertz CT molecular complexity index is 415. The van der Waals surface area contributed by atoms with Gasteiger partial charge in [-0.15, -0.1) is 0 Å². The molecule has 0 bridgehead atoms. The van der Waals surface area contributed by atoms with E-state index in [2.05, 4.69) is 5.32 Å². The Morgan fingerprint density at radius 2 is 2.05 bits per heavy atom. The zero-order valence-corrected chi connectivity index (χ0v) is 11.6. The molecule has 0 aromatic heterocycles. The summed E-state index contributed by atoms with van der Waals surface area (Å²) >= 11 is 0. The van der Waals surface area contributed by atoms with Crippen molar-refractivity contribution in [2.24, 2.45) is 5.41 Å². The van der Waals surface area contributed by atoms with E-state index >= 15 is 0 Å². The molecule has 1 saturated carbocycles. The molecule has 0 saturated heterocycles. The van der Waals surface area contributed by atoms with Crippen LogP contribution in [0.5, 0.6) is 5.75 Å². The fourth-order valence-corrected chi connectivity index (χ4v) is 2.78. The van der Waals surface area contributed by atoms with Crippen LogP contribution in [0.4, 0.5) is 11.4 Å². The molecule has 1 aliphatic carbocycles. The van der Waals surface area contributed by atoms with Gasteiger partial charge in [-0.1, -0.05) is 12.8 Å². The molecular formula is C15H24N2O2. The number of nitrogens with one attached hydrogen (secondary N) is 1. The SMILES string of the molecule is CCOc1cc(N)cc(NCC2(CO)CCCC2)c1. The van der Waals surface area contributed by atoms with Gasteiger partial charge in [-0.2, -0.15) is 0 Å². The first-order valence-electron chi connectivity index (χ1n) is 7.05. The van der Waals surface area contributed by atoms with Gasteiger partial charge in [0, 0.05) is 35.5 Å². The van der Waals surface area contributed by atoms with Crippen LogP contribution >= 0.6 is 0 Å². The number of anilines is 2. The van der Waals surface area contributed by atoms with Gasteiger partial charge in [0.15, 0.2) is 0 Å². The Hall–Kier alpha value is -1.42. The van der Waals surface area contributed by atoms with Crippen LogP contribution < -0.4 is 15.8 Å². The maximum Gasteiger partial charge on any atom is 0.123 e. The smallest absolute Gasteiger partial charge is 0.123 e. The molecule has 0 heterocycles. The van der Waals surface area contributed by atoms with Gasteiger partial charge < -0.3 is 20.9 Å². The predicted molar refractivity (Wildman–Crippen MR) is 78.5 cm³/mol. The minimum Gasteiger partial charge on any atom is -0.494 e. The van der Waals surface area contributed by atoms with Crippen molar-refractivity contribution in [3.63, 3.8) is 0 Å². The molecule has 19 heavy (non-hydrogen) atoms. The van der Waals surface area contributed by atoms with Crippen LogP contribution in [0.2, 0.25) is 0 Å². The number of aliphatic hydroxyl groups excluding tert-OH is 1. The van der Waals surface area contributed by atoms with Crippen molar-refractivity contribution >= 4 is 11.4 Å². The molecule has 0 aliphatic heterocycles. The van der Waals surface area contributed by atoms with Crippen molar-refractivity contribution < 1.29 is 9.84 Å². The average molecular weight is 264 g/mol. The molecule has 0 radical (unpaired) electrons. The van der Waals surface area contributed by atoms with E-state index in [9.17, 15) is 5.11 Å². The minimum absolute atomic E-state index is 0.0381. The van der Waals surface area contributed by atoms with E-state index in [1.54, 1.807) is 0 Å². The number of ether oxygens (including phenoxy) is 1. The third-order valence-corrected chi connectivity index (χ3v) is 3.91. The Balaban J connectivity index is 2.02. The van der Waals surface area contributed by atoms with Crippen LogP contribution in [0.1, 0.15) is 32.6 Å². The minimum atomic E-state index is 0.0381. The molecule has 4 N–H and O–H groups in total. The Morgan fingerprint density at radius 3 is 2.68 bits per heavy atom. The number of aliphatic hydroxyl groups is 1. The van der Waals surface area contributed by atoms with Crippen LogP contribution in [0.3, 0.4) is 0 Å². The standard InChI is InChI=1S/C15H24N2O2/c1-2-19-14-8-12(16)7-13(9-14)17-10-15(11-18)5-3-4-6-15/h7-9,17-18H,2-6,10-11,16H2,1H3. The highest BCUT2D eigenvalue weighted by atomic mass is 16.5. The quantitative estimate of drug-likeness (QED) is 0.691. The molecule has 4 heteroatoms. The van der Waals surface area contributed by atoms with Gasteiger partial charge in [0.1, 0.15) is 5.75 Å². The molecule has 0 amide bonds. The van der Waals surface area contributed by atoms with Crippen LogP contribution in [-0.2, 0) is 0 Å². The Labute approximate surface area is 115 Å². The number of rotatable bonds is 6. The maximum absolute atomic E-state index is 9.60. The molecule has 1 aliphatic rings. The molecule has 1 aromatic rings. The summed E-state index contributed by atoms with van der Waals surface area (Å²) in [5.41, 5.74) is 7.56. The molecule has 0 spiro atoms. The summed E-state index contributed by atoms with van der Waals surface area (Å²) in [4.78, 5) is 0. The topological polar surface area (TPSA) is 67.5 Å². The number of benzene rings is 1. The molecule has 4 nitrogen and oxygen atoms in total. The largest absolute Gasteiger partial charge is 0.494 e. The zero-order chi connectivity index (χ0) is 13.7. The zero-order valence-electron chi connectivity index (χ0n) is 11.6. The van der Waals surface area contributed by atoms with Gasteiger partial charge in [0.05, 0.1) is 13.2 Å². The fourth-order valence-electron chi connectivity index (χ4n) is 2.78. The van der Waals surface area contributed by atoms with Crippen LogP contribution in [-0.4, -0.2) is 24.9 Å². The lowest BCUT2D eigenvalue weighted by Crippen LogP contribution is -2.30. The highest BCUT2D eigenvalue weighted by Crippen LogP contribution is 2.38. The van der Waals surface area contributed by atoms with Crippen molar-refractivity contribution in [1.82, 2.24) is 0 Å². The molecule has 106 valence electrons. The first-order valence-corrected chi connectivity index (χ1v) is 7.05. The van der Waals surface area contributed by atoms with Crippen molar-refractivity contribution in [2.45, 2.75) is 32.6 Å². The predicted octanol–water partition coefficient (Wildman–Crippen LogP) is 2.63. The van der Waals surface area contributed by atoms with Gasteiger partial charge in [-0.25, -0.2) is 0 Å². The van der Waals surface area contributed by atoms with E-state index in [1.165, 1.54) is 12.8 Å². The average Bonchev–Trinajstić information content (AvgIpc) is 2.86. The van der Waals surface area contributed by atoms with Gasteiger partial charge in [0.2, 0.25) is 0 Å². The normalized spacial score (nSPS) is 17.4. The van der Waals surface area contributed by atoms with Crippen LogP contribution in [0, 0.1) is 5.41 Å². The third kappa shape index (κ3) is 3.53. The van der Waals surface area contributed by atoms with Gasteiger partial charge in [0.25, 0.3) is 0 Å². The van der Waals surface area contributed by atoms with Gasteiger partial charge in [-0.3, -0.25) is 0 Å². The first-order chi connectivity index (χ1) is 9.17. The third-order valence-electron chi connectivity index (χ3n) is 3.91. The summed E-state index contributed by atoms with van der Waals surface area (Å²) in [6, 6.07) is 5.69. The van der Waals surface area contributed by atoms with E-state index in [4.69, 9.17) is 10.5 Å². The van der Waals surface area contributed by atoms with E-state index in [0.29, 0.717) is 12.3 Å². The van der Waals surface area contributed by atoms with Crippen LogP contribution in [0.15, 0.2) is 18.2 Å². The van der Waals surface area contributed by atoms with E-state index < -0.39 is 0 Å². The number of nitrogen functional groups attached to an aromatic ring is 1. The highest BCUT2D eigenvalue weighted by molar-refractivity contribution is 5.59. The van der Waals surface area contributed by atoms with Crippen LogP contribution in [0.25, 0.3) is 0 Å². The van der Waals surface area contributed by atoms with E-state index in [0.717, 1.165) is 30.8 Å². The molecule has 1 fully saturated rings. The van der Waals surface area contributed by atoms with Crippen molar-refractivity contribution in [2.75, 3.05) is 30.8 Å². The van der Waals surface area contributed by atoms with Crippen molar-refractivity contribution in [3.05, 3.63) is 18.2 Å². The summed E-state index contributed by atoms with van der Waals surface area (Å²) in [5.74, 6) is 0.787. The second-order valence-electron chi connectivity index (χ2n) is 5.44. The number of nitrogens with two attached hydrogens (primary N) is 1. The maximum atomic E-state index is 9.60. The fraction of sp³-hybridized carbons (Fsp3) is 0.600. The summed E-state index contributed by atoms with van der Waals surface area (Å²) in [5, 5.41) is 13.0. The summed E-state index contributed by atoms with van der Waals surface area (Å²) in [6.07, 6.45) is 4.61. The highest BCUT2D eigenvalue weighted by Gasteiger charge is 2.32. The number of hydrogen-bond acceptors (Lipinski definition) is 4. The lowest BCUT2D eigenvalue weighted by molar-refractivity contribution is 0.142. The molecular weight excluding hydrogens is 240 g/mol. The monoisotopic (exact) mass is 264 g/mol. The van der Waals surface area contributed by atoms with Gasteiger partial charge in [-0.05, 0) is 25.8 Å². The Kier molecular flexibility index (Phi) is 4.53. The Morgan fingerprint density at radius 1 is 1.32 bits per heavy atom. The van der Waals surface area contributed by atoms with E-state index in [-0.39, 0.29) is 12.0 Å². The van der Waals surface area contributed by atoms with E-state index in [1.807, 2.05) is 25.1 Å². The van der Waals surface area contributed by atoms with Crippen molar-refractivity contribution in [3.8, 4) is 5.75 Å². The summed E-state index contributed by atoms with van der Waals surface area (Å²) in [6.45, 7) is 3.62. The lowest BCUT2D eigenvalue weighted by Gasteiger charge is -2.27. The second kappa shape index (κ2) is 6.15. The lowest BCUT2D eigenvalue weighted by atomic mass is 9.87. The molecule has 0 unspecified atom stereocenters. The van der Waals surface area contributed by atoms with Crippen molar-refractivity contribution in [1.29, 1.82) is 0 Å². The summed E-state index contributed by atoms with van der Waals surface area (Å²) < 4.78 is 5.48. The first kappa shape index (κ1) is 14.0. The molecule has 1 aromatic carbocycles. The second-order valence-corrected chi connectivity index (χ2v) is 5.44.